The van der Waals surface area contributed by atoms with Crippen molar-refractivity contribution in [3.05, 3.63) is 48.3 Å². The Morgan fingerprint density at radius 2 is 2.00 bits per heavy atom. The van der Waals surface area contributed by atoms with Gasteiger partial charge in [-0.25, -0.2) is 8.42 Å². The van der Waals surface area contributed by atoms with Gasteiger partial charge in [0.2, 0.25) is 5.91 Å². The van der Waals surface area contributed by atoms with Gasteiger partial charge in [-0.3, -0.25) is 9.78 Å². The average molecular weight is 376 g/mol. The van der Waals surface area contributed by atoms with Crippen molar-refractivity contribution < 1.29 is 22.7 Å². The zero-order valence-electron chi connectivity index (χ0n) is 14.3. The fourth-order valence-electron chi connectivity index (χ4n) is 2.67. The number of aromatic nitrogens is 1. The Bertz CT molecular complexity index is 884. The second-order valence-corrected chi connectivity index (χ2v) is 7.91. The molecule has 7 nitrogen and oxygen atoms in total. The Kier molecular flexibility index (Phi) is 5.41. The number of sulfone groups is 1. The number of hydrogen-bond donors (Lipinski definition) is 1. The lowest BCUT2D eigenvalue weighted by Crippen LogP contribution is -2.31. The monoisotopic (exact) mass is 376 g/mol. The molecule has 0 fully saturated rings. The lowest BCUT2D eigenvalue weighted by molar-refractivity contribution is -0.120. The molecular weight excluding hydrogens is 356 g/mol. The molecule has 0 radical (unpaired) electrons. The van der Waals surface area contributed by atoms with E-state index in [0.29, 0.717) is 30.3 Å². The largest absolute Gasteiger partial charge is 0.486 e. The molecule has 1 aromatic heterocycles. The first-order valence-corrected chi connectivity index (χ1v) is 9.87. The van der Waals surface area contributed by atoms with E-state index in [1.54, 1.807) is 31.3 Å². The molecule has 1 amide bonds. The van der Waals surface area contributed by atoms with Crippen molar-refractivity contribution in [2.75, 3.05) is 19.8 Å². The predicted octanol–water partition coefficient (Wildman–Crippen LogP) is 1.89. The predicted molar refractivity (Wildman–Crippen MR) is 94.9 cm³/mol. The minimum Gasteiger partial charge on any atom is -0.486 e. The number of nitrogens with zero attached hydrogens (tertiary/aromatic N) is 1. The lowest BCUT2D eigenvalue weighted by Gasteiger charge is -2.21. The Labute approximate surface area is 152 Å². The minimum atomic E-state index is -3.78. The SMILES string of the molecule is CCC(=O)NC[C@@H](c1cccnc1)S(=O)(=O)c1ccc2c(c1)OCCO2. The Morgan fingerprint density at radius 3 is 2.69 bits per heavy atom. The normalized spacial score (nSPS) is 14.5. The van der Waals surface area contributed by atoms with Crippen LogP contribution in [0.25, 0.3) is 0 Å². The van der Waals surface area contributed by atoms with Crippen LogP contribution in [-0.2, 0) is 14.6 Å². The van der Waals surface area contributed by atoms with E-state index >= 15 is 0 Å². The van der Waals surface area contributed by atoms with E-state index in [4.69, 9.17) is 9.47 Å². The zero-order chi connectivity index (χ0) is 18.6. The summed E-state index contributed by atoms with van der Waals surface area (Å²) in [5, 5.41) is 1.72. The fourth-order valence-corrected chi connectivity index (χ4v) is 4.33. The van der Waals surface area contributed by atoms with Gasteiger partial charge in [0.05, 0.1) is 4.90 Å². The fraction of sp³-hybridized carbons (Fsp3) is 0.333. The van der Waals surface area contributed by atoms with E-state index in [0.717, 1.165) is 0 Å². The number of nitrogens with one attached hydrogen (secondary N) is 1. The summed E-state index contributed by atoms with van der Waals surface area (Å²) in [7, 11) is -3.78. The highest BCUT2D eigenvalue weighted by Gasteiger charge is 2.31. The number of hydrogen-bond acceptors (Lipinski definition) is 6. The topological polar surface area (TPSA) is 94.6 Å². The number of carbonyl (C=O) groups is 1. The van der Waals surface area contributed by atoms with E-state index in [9.17, 15) is 13.2 Å². The first-order valence-electron chi connectivity index (χ1n) is 8.32. The van der Waals surface area contributed by atoms with Crippen LogP contribution in [0.4, 0.5) is 0 Å². The second-order valence-electron chi connectivity index (χ2n) is 5.78. The molecule has 0 bridgehead atoms. The van der Waals surface area contributed by atoms with Gasteiger partial charge in [0.1, 0.15) is 18.5 Å². The maximum absolute atomic E-state index is 13.2. The quantitative estimate of drug-likeness (QED) is 0.827. The molecule has 1 aliphatic rings. The van der Waals surface area contributed by atoms with Gasteiger partial charge in [-0.05, 0) is 23.8 Å². The molecule has 3 rings (SSSR count). The molecule has 1 N–H and O–H groups in total. The molecular formula is C18H20N2O5S. The summed E-state index contributed by atoms with van der Waals surface area (Å²) in [5.41, 5.74) is 0.513. The van der Waals surface area contributed by atoms with Gasteiger partial charge in [-0.15, -0.1) is 0 Å². The molecule has 2 aromatic rings. The maximum Gasteiger partial charge on any atom is 0.219 e. The van der Waals surface area contributed by atoms with Crippen molar-refractivity contribution in [2.24, 2.45) is 0 Å². The summed E-state index contributed by atoms with van der Waals surface area (Å²) in [4.78, 5) is 15.8. The van der Waals surface area contributed by atoms with Crippen LogP contribution in [0.5, 0.6) is 11.5 Å². The van der Waals surface area contributed by atoms with Crippen molar-refractivity contribution in [1.29, 1.82) is 0 Å². The Balaban J connectivity index is 1.97. The first-order chi connectivity index (χ1) is 12.5. The summed E-state index contributed by atoms with van der Waals surface area (Å²) in [6, 6.07) is 7.91. The van der Waals surface area contributed by atoms with E-state index in [-0.39, 0.29) is 23.8 Å². The third-order valence-electron chi connectivity index (χ3n) is 4.08. The zero-order valence-corrected chi connectivity index (χ0v) is 15.2. The molecule has 1 aromatic carbocycles. The van der Waals surface area contributed by atoms with Gasteiger partial charge < -0.3 is 14.8 Å². The van der Waals surface area contributed by atoms with Crippen LogP contribution in [0.3, 0.4) is 0 Å². The summed E-state index contributed by atoms with van der Waals surface area (Å²) >= 11 is 0. The number of amides is 1. The molecule has 138 valence electrons. The summed E-state index contributed by atoms with van der Waals surface area (Å²) < 4.78 is 37.4. The van der Waals surface area contributed by atoms with Crippen molar-refractivity contribution in [2.45, 2.75) is 23.5 Å². The molecule has 1 atom stereocenters. The number of fused-ring (bicyclic) bond motifs is 1. The van der Waals surface area contributed by atoms with Crippen LogP contribution in [0.1, 0.15) is 24.2 Å². The standard InChI is InChI=1S/C18H20N2O5S/c1-2-18(21)20-12-17(13-4-3-7-19-11-13)26(22,23)14-5-6-15-16(10-14)25-9-8-24-15/h3-7,10-11,17H,2,8-9,12H2,1H3,(H,20,21)/t17-/m0/s1. The highest BCUT2D eigenvalue weighted by molar-refractivity contribution is 7.91. The number of carbonyl (C=O) groups excluding carboxylic acids is 1. The molecule has 0 unspecified atom stereocenters. The van der Waals surface area contributed by atoms with Gasteiger partial charge >= 0.3 is 0 Å². The van der Waals surface area contributed by atoms with Crippen LogP contribution < -0.4 is 14.8 Å². The number of benzene rings is 1. The number of pyridine rings is 1. The van der Waals surface area contributed by atoms with Gasteiger partial charge in [0.15, 0.2) is 21.3 Å². The highest BCUT2D eigenvalue weighted by Crippen LogP contribution is 2.36. The molecule has 1 aliphatic heterocycles. The molecule has 26 heavy (non-hydrogen) atoms. The van der Waals surface area contributed by atoms with Crippen molar-refractivity contribution in [1.82, 2.24) is 10.3 Å². The van der Waals surface area contributed by atoms with Crippen LogP contribution >= 0.6 is 0 Å². The van der Waals surface area contributed by atoms with Gasteiger partial charge in [0, 0.05) is 31.4 Å². The highest BCUT2D eigenvalue weighted by atomic mass is 32.2. The summed E-state index contributed by atoms with van der Waals surface area (Å²) in [6.45, 7) is 2.48. The molecule has 0 saturated carbocycles. The van der Waals surface area contributed by atoms with Crippen LogP contribution in [-0.4, -0.2) is 39.1 Å². The Morgan fingerprint density at radius 1 is 1.23 bits per heavy atom. The third kappa shape index (κ3) is 3.80. The van der Waals surface area contributed by atoms with E-state index in [1.165, 1.54) is 18.3 Å². The van der Waals surface area contributed by atoms with Gasteiger partial charge in [-0.2, -0.15) is 0 Å². The number of rotatable bonds is 6. The van der Waals surface area contributed by atoms with E-state index < -0.39 is 15.1 Å². The van der Waals surface area contributed by atoms with E-state index in [2.05, 4.69) is 10.3 Å². The van der Waals surface area contributed by atoms with Crippen molar-refractivity contribution >= 4 is 15.7 Å². The summed E-state index contributed by atoms with van der Waals surface area (Å²) in [6.07, 6.45) is 3.35. The van der Waals surface area contributed by atoms with Gasteiger partial charge in [0.25, 0.3) is 0 Å². The van der Waals surface area contributed by atoms with E-state index in [1.807, 2.05) is 0 Å². The molecule has 0 spiro atoms. The number of ether oxygens (including phenoxy) is 2. The molecule has 0 saturated heterocycles. The molecule has 2 heterocycles. The van der Waals surface area contributed by atoms with Crippen LogP contribution in [0, 0.1) is 0 Å². The van der Waals surface area contributed by atoms with Crippen LogP contribution in [0.2, 0.25) is 0 Å². The molecule has 0 aliphatic carbocycles. The average Bonchev–Trinajstić information content (AvgIpc) is 2.68. The van der Waals surface area contributed by atoms with Gasteiger partial charge in [-0.1, -0.05) is 13.0 Å². The maximum atomic E-state index is 13.2. The third-order valence-corrected chi connectivity index (χ3v) is 6.18. The van der Waals surface area contributed by atoms with Crippen molar-refractivity contribution in [3.8, 4) is 11.5 Å². The smallest absolute Gasteiger partial charge is 0.219 e. The van der Waals surface area contributed by atoms with Crippen molar-refractivity contribution in [3.63, 3.8) is 0 Å². The van der Waals surface area contributed by atoms with Crippen LogP contribution in [0.15, 0.2) is 47.6 Å². The Hall–Kier alpha value is -2.61. The second kappa shape index (κ2) is 7.74. The summed E-state index contributed by atoms with van der Waals surface area (Å²) in [5.74, 6) is 0.712. The minimum absolute atomic E-state index is 0.0326. The lowest BCUT2D eigenvalue weighted by atomic mass is 10.2. The first kappa shape index (κ1) is 18.2. The molecule has 8 heteroatoms.